The first kappa shape index (κ1) is 9.19. The van der Waals surface area contributed by atoms with Crippen LogP contribution in [-0.4, -0.2) is 17.7 Å². The Bertz CT molecular complexity index is 243. The summed E-state index contributed by atoms with van der Waals surface area (Å²) in [6.07, 6.45) is 3.56. The van der Waals surface area contributed by atoms with Crippen LogP contribution in [-0.2, 0) is 0 Å². The molecule has 2 nitrogen and oxygen atoms in total. The molecule has 13 heavy (non-hydrogen) atoms. The Hall–Kier alpha value is -0.380. The van der Waals surface area contributed by atoms with Crippen LogP contribution >= 0.6 is 11.3 Å². The summed E-state index contributed by atoms with van der Waals surface area (Å²) in [6, 6.07) is 2.64. The molecule has 1 fully saturated rings. The maximum absolute atomic E-state index is 9.72. The minimum Gasteiger partial charge on any atom is -0.387 e. The van der Waals surface area contributed by atoms with E-state index in [1.807, 2.05) is 16.8 Å². The molecule has 3 heteroatoms. The lowest BCUT2D eigenvalue weighted by molar-refractivity contribution is 0.162. The van der Waals surface area contributed by atoms with Crippen molar-refractivity contribution in [2.75, 3.05) is 6.54 Å². The Kier molecular flexibility index (Phi) is 2.98. The summed E-state index contributed by atoms with van der Waals surface area (Å²) in [5.74, 6) is 0. The minimum absolute atomic E-state index is 0.327. The van der Waals surface area contributed by atoms with E-state index in [0.29, 0.717) is 12.6 Å². The fraction of sp³-hybridized carbons (Fsp3) is 0.600. The van der Waals surface area contributed by atoms with Crippen LogP contribution in [0.5, 0.6) is 0 Å². The van der Waals surface area contributed by atoms with Crippen LogP contribution < -0.4 is 5.32 Å². The molecule has 1 aromatic rings. The lowest BCUT2D eigenvalue weighted by Crippen LogP contribution is -2.37. The normalized spacial score (nSPS) is 19.8. The van der Waals surface area contributed by atoms with Gasteiger partial charge in [0, 0.05) is 12.6 Å². The highest BCUT2D eigenvalue weighted by Gasteiger charge is 2.18. The maximum Gasteiger partial charge on any atom is 0.0922 e. The predicted molar refractivity (Wildman–Crippen MR) is 54.9 cm³/mol. The van der Waals surface area contributed by atoms with Gasteiger partial charge in [-0.05, 0) is 35.2 Å². The molecule has 1 saturated carbocycles. The van der Waals surface area contributed by atoms with Crippen LogP contribution in [0, 0.1) is 0 Å². The fourth-order valence-electron chi connectivity index (χ4n) is 1.47. The second-order valence-corrected chi connectivity index (χ2v) is 4.39. The molecule has 2 rings (SSSR count). The van der Waals surface area contributed by atoms with E-state index in [1.165, 1.54) is 19.3 Å². The van der Waals surface area contributed by atoms with Gasteiger partial charge in [-0.1, -0.05) is 6.42 Å². The molecular weight excluding hydrogens is 182 g/mol. The molecule has 1 aliphatic carbocycles. The smallest absolute Gasteiger partial charge is 0.0922 e. The lowest BCUT2D eigenvalue weighted by atomic mass is 9.93. The predicted octanol–water partition coefficient (Wildman–Crippen LogP) is 1.92. The molecule has 72 valence electrons. The van der Waals surface area contributed by atoms with E-state index < -0.39 is 0 Å². The molecule has 0 amide bonds. The maximum atomic E-state index is 9.72. The van der Waals surface area contributed by atoms with Gasteiger partial charge in [-0.3, -0.25) is 0 Å². The number of hydrogen-bond acceptors (Lipinski definition) is 3. The van der Waals surface area contributed by atoms with Crippen LogP contribution in [0.2, 0.25) is 0 Å². The summed E-state index contributed by atoms with van der Waals surface area (Å²) in [4.78, 5) is 0. The van der Waals surface area contributed by atoms with E-state index in [-0.39, 0.29) is 6.10 Å². The first-order valence-electron chi connectivity index (χ1n) is 4.80. The third kappa shape index (κ3) is 2.30. The molecule has 1 aromatic heterocycles. The molecular formula is C10H15NOS. The Balaban J connectivity index is 1.74. The van der Waals surface area contributed by atoms with Crippen molar-refractivity contribution in [3.63, 3.8) is 0 Å². The van der Waals surface area contributed by atoms with Gasteiger partial charge in [-0.25, -0.2) is 0 Å². The quantitative estimate of drug-likeness (QED) is 0.773. The molecule has 0 saturated heterocycles. The van der Waals surface area contributed by atoms with Gasteiger partial charge >= 0.3 is 0 Å². The first-order chi connectivity index (χ1) is 6.36. The Morgan fingerprint density at radius 2 is 2.46 bits per heavy atom. The van der Waals surface area contributed by atoms with Crippen LogP contribution in [0.3, 0.4) is 0 Å². The van der Waals surface area contributed by atoms with Crippen LogP contribution in [0.1, 0.15) is 30.9 Å². The molecule has 1 unspecified atom stereocenters. The van der Waals surface area contributed by atoms with Gasteiger partial charge in [0.2, 0.25) is 0 Å². The van der Waals surface area contributed by atoms with E-state index in [2.05, 4.69) is 5.32 Å². The Morgan fingerprint density at radius 1 is 1.62 bits per heavy atom. The zero-order valence-corrected chi connectivity index (χ0v) is 8.39. The second-order valence-electron chi connectivity index (χ2n) is 3.61. The molecule has 1 atom stereocenters. The third-order valence-electron chi connectivity index (χ3n) is 2.63. The number of thiophene rings is 1. The van der Waals surface area contributed by atoms with E-state index in [0.717, 1.165) is 5.56 Å². The molecule has 0 spiro atoms. The van der Waals surface area contributed by atoms with Crippen LogP contribution in [0.15, 0.2) is 16.8 Å². The standard InChI is InChI=1S/C10H15NOS/c12-10(8-4-5-13-7-8)6-11-9-2-1-3-9/h4-5,7,9-12H,1-3,6H2. The molecule has 0 bridgehead atoms. The highest BCUT2D eigenvalue weighted by Crippen LogP contribution is 2.20. The van der Waals surface area contributed by atoms with Gasteiger partial charge in [0.15, 0.2) is 0 Å². The molecule has 2 N–H and O–H groups in total. The van der Waals surface area contributed by atoms with Gasteiger partial charge in [0.05, 0.1) is 6.10 Å². The topological polar surface area (TPSA) is 32.3 Å². The molecule has 0 aliphatic heterocycles. The molecule has 0 aromatic carbocycles. The monoisotopic (exact) mass is 197 g/mol. The number of nitrogens with one attached hydrogen (secondary N) is 1. The largest absolute Gasteiger partial charge is 0.387 e. The Labute approximate surface area is 82.6 Å². The van der Waals surface area contributed by atoms with Gasteiger partial charge in [-0.2, -0.15) is 11.3 Å². The summed E-state index contributed by atoms with van der Waals surface area (Å²) in [5.41, 5.74) is 1.04. The van der Waals surface area contributed by atoms with E-state index >= 15 is 0 Å². The van der Waals surface area contributed by atoms with Gasteiger partial charge in [0.25, 0.3) is 0 Å². The molecule has 1 aliphatic rings. The number of hydrogen-bond donors (Lipinski definition) is 2. The lowest BCUT2D eigenvalue weighted by Gasteiger charge is -2.27. The average Bonchev–Trinajstić information content (AvgIpc) is 2.52. The van der Waals surface area contributed by atoms with Gasteiger partial charge < -0.3 is 10.4 Å². The SMILES string of the molecule is OC(CNC1CCC1)c1ccsc1. The third-order valence-corrected chi connectivity index (χ3v) is 3.33. The van der Waals surface area contributed by atoms with Crippen molar-refractivity contribution in [3.05, 3.63) is 22.4 Å². The summed E-state index contributed by atoms with van der Waals surface area (Å²) in [5, 5.41) is 17.1. The van der Waals surface area contributed by atoms with Crippen molar-refractivity contribution in [2.24, 2.45) is 0 Å². The second kappa shape index (κ2) is 4.22. The van der Waals surface area contributed by atoms with Crippen molar-refractivity contribution >= 4 is 11.3 Å². The van der Waals surface area contributed by atoms with Crippen LogP contribution in [0.4, 0.5) is 0 Å². The number of aliphatic hydroxyl groups excluding tert-OH is 1. The van der Waals surface area contributed by atoms with Crippen molar-refractivity contribution in [3.8, 4) is 0 Å². The van der Waals surface area contributed by atoms with E-state index in [1.54, 1.807) is 11.3 Å². The summed E-state index contributed by atoms with van der Waals surface area (Å²) in [7, 11) is 0. The van der Waals surface area contributed by atoms with Gasteiger partial charge in [-0.15, -0.1) is 0 Å². The zero-order valence-electron chi connectivity index (χ0n) is 7.57. The zero-order chi connectivity index (χ0) is 9.10. The van der Waals surface area contributed by atoms with E-state index in [4.69, 9.17) is 0 Å². The number of aliphatic hydroxyl groups is 1. The number of rotatable bonds is 4. The Morgan fingerprint density at radius 3 is 3.00 bits per heavy atom. The summed E-state index contributed by atoms with van der Waals surface area (Å²) in [6.45, 7) is 0.696. The highest BCUT2D eigenvalue weighted by atomic mass is 32.1. The van der Waals surface area contributed by atoms with Crippen molar-refractivity contribution < 1.29 is 5.11 Å². The summed E-state index contributed by atoms with van der Waals surface area (Å²) >= 11 is 1.63. The summed E-state index contributed by atoms with van der Waals surface area (Å²) < 4.78 is 0. The first-order valence-corrected chi connectivity index (χ1v) is 5.74. The van der Waals surface area contributed by atoms with Crippen molar-refractivity contribution in [1.82, 2.24) is 5.32 Å². The highest BCUT2D eigenvalue weighted by molar-refractivity contribution is 7.07. The average molecular weight is 197 g/mol. The van der Waals surface area contributed by atoms with Crippen molar-refractivity contribution in [2.45, 2.75) is 31.4 Å². The minimum atomic E-state index is -0.327. The molecule has 1 heterocycles. The van der Waals surface area contributed by atoms with Crippen molar-refractivity contribution in [1.29, 1.82) is 0 Å². The van der Waals surface area contributed by atoms with E-state index in [9.17, 15) is 5.11 Å². The van der Waals surface area contributed by atoms with Crippen LogP contribution in [0.25, 0.3) is 0 Å². The van der Waals surface area contributed by atoms with Gasteiger partial charge in [0.1, 0.15) is 0 Å². The fourth-order valence-corrected chi connectivity index (χ4v) is 2.18. The molecule has 0 radical (unpaired) electrons.